The molecule has 1 unspecified atom stereocenters. The molecule has 0 radical (unpaired) electrons. The van der Waals surface area contributed by atoms with E-state index in [2.05, 4.69) is 51.8 Å². The molecule has 1 atom stereocenters. The molecule has 0 spiro atoms. The Balaban J connectivity index is 2.68. The maximum Gasteiger partial charge on any atom is 0.0490 e. The Hall–Kier alpha value is -0.560. The lowest BCUT2D eigenvalue weighted by atomic mass is 9.82. The van der Waals surface area contributed by atoms with Gasteiger partial charge in [0.15, 0.2) is 0 Å². The topological polar surface area (TPSA) is 3.24 Å². The zero-order valence-corrected chi connectivity index (χ0v) is 11.4. The van der Waals surface area contributed by atoms with Crippen LogP contribution in [0.4, 0.5) is 0 Å². The second-order valence-electron chi connectivity index (χ2n) is 6.17. The number of piperidine rings is 1. The van der Waals surface area contributed by atoms with E-state index in [1.807, 2.05) is 0 Å². The molecule has 1 heterocycles. The van der Waals surface area contributed by atoms with E-state index in [0.717, 1.165) is 5.92 Å². The van der Waals surface area contributed by atoms with E-state index in [0.29, 0.717) is 6.04 Å². The number of rotatable bonds is 3. The van der Waals surface area contributed by atoms with Crippen LogP contribution in [0.2, 0.25) is 0 Å². The quantitative estimate of drug-likeness (QED) is 0.654. The van der Waals surface area contributed by atoms with Crippen molar-refractivity contribution in [3.63, 3.8) is 0 Å². The van der Waals surface area contributed by atoms with E-state index in [4.69, 9.17) is 0 Å². The highest BCUT2D eigenvalue weighted by molar-refractivity contribution is 5.20. The molecule has 1 saturated heterocycles. The van der Waals surface area contributed by atoms with Crippen LogP contribution in [0, 0.1) is 11.3 Å². The van der Waals surface area contributed by atoms with Crippen LogP contribution in [0.1, 0.15) is 40.5 Å². The largest absolute Gasteiger partial charge is 0.293 e. The molecule has 1 nitrogen and oxygen atoms in total. The molecular weight excluding hydrogens is 194 g/mol. The van der Waals surface area contributed by atoms with Crippen LogP contribution in [0.5, 0.6) is 0 Å². The van der Waals surface area contributed by atoms with Gasteiger partial charge in [-0.25, -0.2) is 0 Å². The fraction of sp³-hybridized carbons (Fsp3) is 0.733. The number of nitrogens with zero attached hydrogens (tertiary/aromatic N) is 1. The van der Waals surface area contributed by atoms with Crippen molar-refractivity contribution in [1.82, 2.24) is 4.90 Å². The van der Waals surface area contributed by atoms with Crippen LogP contribution >= 0.6 is 0 Å². The van der Waals surface area contributed by atoms with Crippen molar-refractivity contribution in [2.75, 3.05) is 13.1 Å². The van der Waals surface area contributed by atoms with Crippen molar-refractivity contribution in [2.45, 2.75) is 46.6 Å². The maximum absolute atomic E-state index is 4.28. The molecule has 0 N–H and O–H groups in total. The van der Waals surface area contributed by atoms with E-state index in [1.54, 1.807) is 0 Å². The summed E-state index contributed by atoms with van der Waals surface area (Å²) in [5.74, 6) is 0.879. The van der Waals surface area contributed by atoms with Gasteiger partial charge in [0, 0.05) is 6.04 Å². The SMILES string of the molecule is C=CC(C(=C)C(C)(C)C)N1CCC(C)CC1. The van der Waals surface area contributed by atoms with Crippen molar-refractivity contribution in [1.29, 1.82) is 0 Å². The summed E-state index contributed by atoms with van der Waals surface area (Å²) in [5, 5.41) is 0. The first-order chi connectivity index (χ1) is 7.36. The Bertz CT molecular complexity index is 251. The molecule has 1 heteroatoms. The first kappa shape index (κ1) is 13.5. The summed E-state index contributed by atoms with van der Waals surface area (Å²) < 4.78 is 0. The molecule has 0 aliphatic carbocycles. The molecule has 1 fully saturated rings. The summed E-state index contributed by atoms with van der Waals surface area (Å²) in [6.45, 7) is 19.7. The molecule has 1 aliphatic heterocycles. The van der Waals surface area contributed by atoms with E-state index in [1.165, 1.54) is 31.5 Å². The average molecular weight is 221 g/mol. The normalized spacial score (nSPS) is 21.8. The summed E-state index contributed by atoms with van der Waals surface area (Å²) in [7, 11) is 0. The van der Waals surface area contributed by atoms with Gasteiger partial charge in [0.05, 0.1) is 0 Å². The van der Waals surface area contributed by atoms with Gasteiger partial charge in [-0.15, -0.1) is 6.58 Å². The Morgan fingerprint density at radius 3 is 2.19 bits per heavy atom. The fourth-order valence-electron chi connectivity index (χ4n) is 2.26. The minimum absolute atomic E-state index is 0.169. The lowest BCUT2D eigenvalue weighted by Gasteiger charge is -2.39. The maximum atomic E-state index is 4.28. The van der Waals surface area contributed by atoms with Crippen LogP contribution in [-0.4, -0.2) is 24.0 Å². The van der Waals surface area contributed by atoms with Gasteiger partial charge in [-0.1, -0.05) is 45.9 Å². The van der Waals surface area contributed by atoms with Crippen molar-refractivity contribution in [3.05, 3.63) is 24.8 Å². The van der Waals surface area contributed by atoms with Crippen molar-refractivity contribution >= 4 is 0 Å². The van der Waals surface area contributed by atoms with Gasteiger partial charge in [-0.2, -0.15) is 0 Å². The van der Waals surface area contributed by atoms with Crippen molar-refractivity contribution < 1.29 is 0 Å². The van der Waals surface area contributed by atoms with Gasteiger partial charge in [0.2, 0.25) is 0 Å². The van der Waals surface area contributed by atoms with Gasteiger partial charge in [-0.3, -0.25) is 4.90 Å². The van der Waals surface area contributed by atoms with Crippen LogP contribution in [0.15, 0.2) is 24.8 Å². The lowest BCUT2D eigenvalue weighted by Crippen LogP contribution is -2.42. The molecule has 0 saturated carbocycles. The fourth-order valence-corrected chi connectivity index (χ4v) is 2.26. The van der Waals surface area contributed by atoms with Crippen LogP contribution in [0.25, 0.3) is 0 Å². The first-order valence-electron chi connectivity index (χ1n) is 6.42. The average Bonchev–Trinajstić information content (AvgIpc) is 2.20. The standard InChI is InChI=1S/C15H27N/c1-7-14(13(3)15(4,5)6)16-10-8-12(2)9-11-16/h7,12,14H,1,3,8-11H2,2,4-6H3. The van der Waals surface area contributed by atoms with Crippen LogP contribution < -0.4 is 0 Å². The van der Waals surface area contributed by atoms with Crippen LogP contribution in [-0.2, 0) is 0 Å². The molecule has 0 aromatic heterocycles. The molecule has 92 valence electrons. The molecule has 16 heavy (non-hydrogen) atoms. The van der Waals surface area contributed by atoms with Gasteiger partial charge in [0.25, 0.3) is 0 Å². The van der Waals surface area contributed by atoms with Gasteiger partial charge in [0.1, 0.15) is 0 Å². The summed E-state index contributed by atoms with van der Waals surface area (Å²) in [6.07, 6.45) is 4.67. The predicted octanol–water partition coefficient (Wildman–Crippen LogP) is 3.88. The molecule has 0 amide bonds. The van der Waals surface area contributed by atoms with E-state index < -0.39 is 0 Å². The Kier molecular flexibility index (Phi) is 4.37. The number of hydrogen-bond acceptors (Lipinski definition) is 1. The molecule has 0 aromatic carbocycles. The zero-order chi connectivity index (χ0) is 12.3. The molecule has 1 rings (SSSR count). The Morgan fingerprint density at radius 1 is 1.31 bits per heavy atom. The summed E-state index contributed by atoms with van der Waals surface area (Å²) in [6, 6.07) is 0.354. The molecule has 0 bridgehead atoms. The minimum Gasteiger partial charge on any atom is -0.293 e. The Morgan fingerprint density at radius 2 is 1.81 bits per heavy atom. The Labute approximate surface area is 101 Å². The van der Waals surface area contributed by atoms with E-state index >= 15 is 0 Å². The number of likely N-dealkylation sites (tertiary alicyclic amines) is 1. The highest BCUT2D eigenvalue weighted by Crippen LogP contribution is 2.31. The summed E-state index contributed by atoms with van der Waals surface area (Å²) in [5.41, 5.74) is 1.46. The third-order valence-electron chi connectivity index (χ3n) is 3.76. The second kappa shape index (κ2) is 5.18. The van der Waals surface area contributed by atoms with Crippen molar-refractivity contribution in [3.8, 4) is 0 Å². The monoisotopic (exact) mass is 221 g/mol. The first-order valence-corrected chi connectivity index (χ1v) is 6.42. The smallest absolute Gasteiger partial charge is 0.0490 e. The predicted molar refractivity (Wildman–Crippen MR) is 72.6 cm³/mol. The van der Waals surface area contributed by atoms with E-state index in [9.17, 15) is 0 Å². The van der Waals surface area contributed by atoms with Gasteiger partial charge < -0.3 is 0 Å². The van der Waals surface area contributed by atoms with Crippen molar-refractivity contribution in [2.24, 2.45) is 11.3 Å². The molecule has 1 aliphatic rings. The summed E-state index contributed by atoms with van der Waals surface area (Å²) >= 11 is 0. The highest BCUT2D eigenvalue weighted by atomic mass is 15.2. The van der Waals surface area contributed by atoms with Crippen LogP contribution in [0.3, 0.4) is 0 Å². The number of hydrogen-bond donors (Lipinski definition) is 0. The minimum atomic E-state index is 0.169. The third-order valence-corrected chi connectivity index (χ3v) is 3.76. The molecular formula is C15H27N. The summed E-state index contributed by atoms with van der Waals surface area (Å²) in [4.78, 5) is 2.53. The highest BCUT2D eigenvalue weighted by Gasteiger charge is 2.28. The zero-order valence-electron chi connectivity index (χ0n) is 11.4. The lowest BCUT2D eigenvalue weighted by molar-refractivity contribution is 0.166. The van der Waals surface area contributed by atoms with Gasteiger partial charge in [-0.05, 0) is 37.3 Å². The second-order valence-corrected chi connectivity index (χ2v) is 6.17. The van der Waals surface area contributed by atoms with Gasteiger partial charge >= 0.3 is 0 Å². The third kappa shape index (κ3) is 3.21. The molecule has 0 aromatic rings. The van der Waals surface area contributed by atoms with E-state index in [-0.39, 0.29) is 5.41 Å².